The number of anilines is 1. The highest BCUT2D eigenvalue weighted by Crippen LogP contribution is 2.20. The van der Waals surface area contributed by atoms with Crippen LogP contribution in [0.2, 0.25) is 0 Å². The normalized spacial score (nSPS) is 13.7. The van der Waals surface area contributed by atoms with Crippen molar-refractivity contribution in [2.24, 2.45) is 5.92 Å². The summed E-state index contributed by atoms with van der Waals surface area (Å²) in [6.45, 7) is 11.1. The number of hydrogen-bond donors (Lipinski definition) is 3. The third-order valence-electron chi connectivity index (χ3n) is 5.22. The first-order valence-electron chi connectivity index (χ1n) is 10.6. The van der Waals surface area contributed by atoms with Gasteiger partial charge in [0.25, 0.3) is 5.91 Å². The lowest BCUT2D eigenvalue weighted by molar-refractivity contribution is 0.102. The molecule has 0 aromatic carbocycles. The number of carbonyl (C=O) groups is 1. The van der Waals surface area contributed by atoms with Crippen molar-refractivity contribution >= 4 is 23.9 Å². The number of amidine groups is 1. The van der Waals surface area contributed by atoms with Gasteiger partial charge in [-0.1, -0.05) is 19.9 Å². The Morgan fingerprint density at radius 2 is 2.06 bits per heavy atom. The summed E-state index contributed by atoms with van der Waals surface area (Å²) in [6.07, 6.45) is 3.86. The van der Waals surface area contributed by atoms with E-state index in [4.69, 9.17) is 10.8 Å². The zero-order valence-corrected chi connectivity index (χ0v) is 18.6. The van der Waals surface area contributed by atoms with E-state index < -0.39 is 0 Å². The number of amides is 1. The number of nitrogens with one attached hydrogen (secondary N) is 3. The second-order valence-corrected chi connectivity index (χ2v) is 8.56. The number of fused-ring (bicyclic) bond motifs is 1. The van der Waals surface area contributed by atoms with Crippen molar-refractivity contribution in [2.45, 2.75) is 46.7 Å². The van der Waals surface area contributed by atoms with E-state index >= 15 is 0 Å². The van der Waals surface area contributed by atoms with Gasteiger partial charge in [0.05, 0.1) is 6.34 Å². The number of aromatic nitrogens is 2. The highest BCUT2D eigenvalue weighted by molar-refractivity contribution is 6.04. The van der Waals surface area contributed by atoms with Crippen LogP contribution in [-0.2, 0) is 13.0 Å². The van der Waals surface area contributed by atoms with Gasteiger partial charge in [-0.2, -0.15) is 0 Å². The van der Waals surface area contributed by atoms with Gasteiger partial charge in [0.2, 0.25) is 0 Å². The lowest BCUT2D eigenvalue weighted by atomic mass is 10.00. The van der Waals surface area contributed by atoms with E-state index in [1.165, 1.54) is 10.5 Å². The zero-order chi connectivity index (χ0) is 22.5. The summed E-state index contributed by atoms with van der Waals surface area (Å²) in [5.41, 5.74) is 3.09. The molecule has 1 aliphatic rings. The molecule has 2 aromatic heterocycles. The van der Waals surface area contributed by atoms with Crippen LogP contribution < -0.4 is 5.32 Å². The summed E-state index contributed by atoms with van der Waals surface area (Å²) < 4.78 is 0. The minimum atomic E-state index is -0.326. The Kier molecular flexibility index (Phi) is 7.12. The molecule has 1 amide bonds. The van der Waals surface area contributed by atoms with Crippen molar-refractivity contribution in [3.8, 4) is 0 Å². The van der Waals surface area contributed by atoms with Crippen molar-refractivity contribution in [2.75, 3.05) is 18.4 Å². The van der Waals surface area contributed by atoms with Crippen LogP contribution in [0.5, 0.6) is 0 Å². The standard InChI is InChI=1S/C23H31N7O.H2/c1-15(2)12-29-9-8-17-11-26-20(10-18(17)13-29)23(31)28-21-7-5-6-19(27-21)22(25)30(14-24)16(3)4;/h5-7,10-11,14-16,24-25H,8-9,12-13H2,1-4H3,(H,27,28,31);1H. The second kappa shape index (κ2) is 9.78. The van der Waals surface area contributed by atoms with Crippen molar-refractivity contribution < 1.29 is 6.22 Å². The Hall–Kier alpha value is -3.13. The molecule has 0 bridgehead atoms. The van der Waals surface area contributed by atoms with Crippen molar-refractivity contribution in [1.82, 2.24) is 19.8 Å². The summed E-state index contributed by atoms with van der Waals surface area (Å²) in [6, 6.07) is 6.94. The first kappa shape index (κ1) is 22.6. The highest BCUT2D eigenvalue weighted by atomic mass is 16.1. The first-order valence-corrected chi connectivity index (χ1v) is 10.6. The van der Waals surface area contributed by atoms with Gasteiger partial charge in [-0.25, -0.2) is 4.98 Å². The molecule has 8 heteroatoms. The average molecular weight is 424 g/mol. The van der Waals surface area contributed by atoms with Crippen LogP contribution >= 0.6 is 0 Å². The fraction of sp³-hybridized carbons (Fsp3) is 0.435. The molecule has 0 atom stereocenters. The van der Waals surface area contributed by atoms with Crippen LogP contribution in [-0.4, -0.2) is 57.0 Å². The minimum absolute atomic E-state index is 0. The lowest BCUT2D eigenvalue weighted by Crippen LogP contribution is -2.36. The SMILES string of the molecule is CC(C)CN1CCc2cnc(C(=O)Nc3cccc(C(=N)N(C=N)C(C)C)n3)cc2C1.[HH]. The summed E-state index contributed by atoms with van der Waals surface area (Å²) in [5, 5.41) is 18.6. The van der Waals surface area contributed by atoms with Crippen LogP contribution in [0, 0.1) is 16.7 Å². The average Bonchev–Trinajstić information content (AvgIpc) is 2.73. The highest BCUT2D eigenvalue weighted by Gasteiger charge is 2.20. The molecule has 0 unspecified atom stereocenters. The molecule has 1 aliphatic heterocycles. The molecule has 166 valence electrons. The van der Waals surface area contributed by atoms with Gasteiger partial charge in [0, 0.05) is 33.3 Å². The molecule has 0 aliphatic carbocycles. The van der Waals surface area contributed by atoms with Crippen LogP contribution in [0.15, 0.2) is 30.5 Å². The van der Waals surface area contributed by atoms with Gasteiger partial charge in [-0.05, 0) is 55.5 Å². The fourth-order valence-corrected chi connectivity index (χ4v) is 3.71. The number of hydrogen-bond acceptors (Lipinski definition) is 6. The molecular weight excluding hydrogens is 390 g/mol. The molecular formula is C23H33N7O. The summed E-state index contributed by atoms with van der Waals surface area (Å²) >= 11 is 0. The number of rotatable bonds is 7. The monoisotopic (exact) mass is 423 g/mol. The van der Waals surface area contributed by atoms with E-state index in [0.29, 0.717) is 23.1 Å². The first-order chi connectivity index (χ1) is 14.8. The predicted molar refractivity (Wildman–Crippen MR) is 125 cm³/mol. The van der Waals surface area contributed by atoms with Crippen LogP contribution in [0.25, 0.3) is 0 Å². The van der Waals surface area contributed by atoms with Gasteiger partial charge in [0.15, 0.2) is 5.84 Å². The molecule has 3 rings (SSSR count). The predicted octanol–water partition coefficient (Wildman–Crippen LogP) is 3.63. The van der Waals surface area contributed by atoms with Crippen molar-refractivity contribution in [1.29, 1.82) is 10.8 Å². The number of carbonyl (C=O) groups excluding carboxylic acids is 1. The Morgan fingerprint density at radius 3 is 2.74 bits per heavy atom. The smallest absolute Gasteiger partial charge is 0.275 e. The Bertz CT molecular complexity index is 977. The van der Waals surface area contributed by atoms with Gasteiger partial charge in [-0.3, -0.25) is 25.5 Å². The van der Waals surface area contributed by atoms with E-state index in [1.54, 1.807) is 24.4 Å². The van der Waals surface area contributed by atoms with Gasteiger partial charge < -0.3 is 10.2 Å². The maximum absolute atomic E-state index is 12.8. The maximum Gasteiger partial charge on any atom is 0.275 e. The summed E-state index contributed by atoms with van der Waals surface area (Å²) in [5.74, 6) is 0.732. The summed E-state index contributed by atoms with van der Waals surface area (Å²) in [4.78, 5) is 25.5. The van der Waals surface area contributed by atoms with E-state index in [0.717, 1.165) is 38.0 Å². The number of nitrogens with zero attached hydrogens (tertiary/aromatic N) is 4. The molecule has 3 heterocycles. The topological polar surface area (TPSA) is 109 Å². The molecule has 0 radical (unpaired) electrons. The molecule has 0 saturated heterocycles. The molecule has 0 fully saturated rings. The maximum atomic E-state index is 12.8. The van der Waals surface area contributed by atoms with Gasteiger partial charge >= 0.3 is 0 Å². The Labute approximate surface area is 185 Å². The zero-order valence-electron chi connectivity index (χ0n) is 18.6. The Morgan fingerprint density at radius 1 is 1.29 bits per heavy atom. The number of pyridine rings is 2. The molecule has 2 aromatic rings. The van der Waals surface area contributed by atoms with E-state index in [2.05, 4.69) is 34.0 Å². The second-order valence-electron chi connectivity index (χ2n) is 8.56. The van der Waals surface area contributed by atoms with E-state index in [1.807, 2.05) is 19.9 Å². The van der Waals surface area contributed by atoms with E-state index in [9.17, 15) is 4.79 Å². The van der Waals surface area contributed by atoms with Crippen molar-refractivity contribution in [3.63, 3.8) is 0 Å². The molecule has 0 saturated carbocycles. The Balaban J connectivity index is 0.00000363. The molecule has 3 N–H and O–H groups in total. The molecule has 8 nitrogen and oxygen atoms in total. The van der Waals surface area contributed by atoms with Crippen LogP contribution in [0.4, 0.5) is 5.82 Å². The largest absolute Gasteiger partial charge is 0.314 e. The third kappa shape index (κ3) is 5.52. The van der Waals surface area contributed by atoms with Crippen LogP contribution in [0.3, 0.4) is 0 Å². The van der Waals surface area contributed by atoms with Crippen molar-refractivity contribution in [3.05, 3.63) is 53.0 Å². The van der Waals surface area contributed by atoms with Gasteiger partial charge in [0.1, 0.15) is 17.2 Å². The van der Waals surface area contributed by atoms with Crippen LogP contribution in [0.1, 0.15) is 56.4 Å². The lowest BCUT2D eigenvalue weighted by Gasteiger charge is -2.30. The quantitative estimate of drug-likeness (QED) is 0.465. The fourth-order valence-electron chi connectivity index (χ4n) is 3.71. The summed E-state index contributed by atoms with van der Waals surface area (Å²) in [7, 11) is 0. The molecule has 0 spiro atoms. The van der Waals surface area contributed by atoms with E-state index in [-0.39, 0.29) is 19.2 Å². The van der Waals surface area contributed by atoms with Gasteiger partial charge in [-0.15, -0.1) is 0 Å². The molecule has 31 heavy (non-hydrogen) atoms. The third-order valence-corrected chi connectivity index (χ3v) is 5.22. The minimum Gasteiger partial charge on any atom is -0.314 e.